The van der Waals surface area contributed by atoms with Crippen molar-refractivity contribution in [2.24, 2.45) is 0 Å². The summed E-state index contributed by atoms with van der Waals surface area (Å²) in [5.74, 6) is 0. The van der Waals surface area contributed by atoms with Crippen molar-refractivity contribution in [2.75, 3.05) is 25.4 Å². The number of nitrogens with zero attached hydrogens (tertiary/aromatic N) is 3. The summed E-state index contributed by atoms with van der Waals surface area (Å²) in [5.41, 5.74) is 9.24. The van der Waals surface area contributed by atoms with Gasteiger partial charge in [-0.25, -0.2) is 4.98 Å². The predicted molar refractivity (Wildman–Crippen MR) is 88.4 cm³/mol. The Morgan fingerprint density at radius 1 is 1.38 bits per heavy atom. The van der Waals surface area contributed by atoms with Crippen molar-refractivity contribution in [1.82, 2.24) is 14.9 Å². The largest absolute Gasteiger partial charge is 0.375 e. The van der Waals surface area contributed by atoms with Gasteiger partial charge in [0.15, 0.2) is 5.13 Å². The zero-order valence-corrected chi connectivity index (χ0v) is 13.1. The predicted octanol–water partition coefficient (Wildman–Crippen LogP) is 2.54. The summed E-state index contributed by atoms with van der Waals surface area (Å²) >= 11 is 1.64. The van der Waals surface area contributed by atoms with Crippen molar-refractivity contribution in [3.05, 3.63) is 46.2 Å². The lowest BCUT2D eigenvalue weighted by molar-refractivity contribution is 0.318. The fourth-order valence-corrected chi connectivity index (χ4v) is 3.45. The molecule has 2 aromatic heterocycles. The third kappa shape index (κ3) is 3.68. The van der Waals surface area contributed by atoms with Gasteiger partial charge in [0.05, 0.1) is 11.4 Å². The minimum Gasteiger partial charge on any atom is -0.375 e. The number of nitrogen functional groups attached to an aromatic ring is 1. The molecule has 0 fully saturated rings. The van der Waals surface area contributed by atoms with Crippen LogP contribution < -0.4 is 5.73 Å². The Kier molecular flexibility index (Phi) is 4.31. The van der Waals surface area contributed by atoms with E-state index >= 15 is 0 Å². The molecule has 4 nitrogen and oxygen atoms in total. The molecule has 1 aliphatic rings. The standard InChI is InChI=1S/C16H20N4S/c1-12-4-7-18-13(11-12)3-2-8-20-9-5-14-15(6-10-20)21-16(17)19-14/h2-4,7,11H,5-6,8-10H2,1H3,(H2,17,19)/b3-2+. The van der Waals surface area contributed by atoms with Crippen molar-refractivity contribution in [3.8, 4) is 0 Å². The summed E-state index contributed by atoms with van der Waals surface area (Å²) in [7, 11) is 0. The molecule has 0 aliphatic carbocycles. The van der Waals surface area contributed by atoms with Gasteiger partial charge in [0.1, 0.15) is 0 Å². The van der Waals surface area contributed by atoms with Crippen LogP contribution in [0.25, 0.3) is 6.08 Å². The molecule has 0 atom stereocenters. The van der Waals surface area contributed by atoms with Crippen LogP contribution in [0.1, 0.15) is 21.8 Å². The monoisotopic (exact) mass is 300 g/mol. The molecule has 0 aromatic carbocycles. The maximum absolute atomic E-state index is 5.78. The van der Waals surface area contributed by atoms with Crippen LogP contribution in [-0.4, -0.2) is 34.5 Å². The highest BCUT2D eigenvalue weighted by Gasteiger charge is 2.16. The van der Waals surface area contributed by atoms with Crippen molar-refractivity contribution < 1.29 is 0 Å². The summed E-state index contributed by atoms with van der Waals surface area (Å²) in [6.07, 6.45) is 8.21. The number of hydrogen-bond donors (Lipinski definition) is 1. The van der Waals surface area contributed by atoms with E-state index in [4.69, 9.17) is 5.73 Å². The SMILES string of the molecule is Cc1ccnc(/C=C/CN2CCc3nc(N)sc3CC2)c1. The summed E-state index contributed by atoms with van der Waals surface area (Å²) in [5, 5.41) is 0.707. The van der Waals surface area contributed by atoms with E-state index in [1.54, 1.807) is 11.3 Å². The molecule has 1 aliphatic heterocycles. The van der Waals surface area contributed by atoms with Gasteiger partial charge >= 0.3 is 0 Å². The number of hydrogen-bond acceptors (Lipinski definition) is 5. The zero-order valence-electron chi connectivity index (χ0n) is 12.2. The number of thiazole rings is 1. The average molecular weight is 300 g/mol. The molecule has 5 heteroatoms. The van der Waals surface area contributed by atoms with E-state index in [-0.39, 0.29) is 0 Å². The molecule has 0 bridgehead atoms. The fourth-order valence-electron chi connectivity index (χ4n) is 2.59. The van der Waals surface area contributed by atoms with Crippen molar-refractivity contribution in [3.63, 3.8) is 0 Å². The normalized spacial score (nSPS) is 16.0. The molecule has 110 valence electrons. The van der Waals surface area contributed by atoms with Gasteiger partial charge in [-0.15, -0.1) is 11.3 Å². The van der Waals surface area contributed by atoms with E-state index in [0.717, 1.165) is 38.2 Å². The highest BCUT2D eigenvalue weighted by Crippen LogP contribution is 2.24. The Labute approximate surface area is 129 Å². The first-order valence-corrected chi connectivity index (χ1v) is 8.08. The summed E-state index contributed by atoms with van der Waals surface area (Å²) in [6.45, 7) is 5.16. The molecule has 2 aromatic rings. The van der Waals surface area contributed by atoms with Gasteiger partial charge in [0.2, 0.25) is 0 Å². The van der Waals surface area contributed by atoms with Crippen LogP contribution in [0.2, 0.25) is 0 Å². The number of aromatic nitrogens is 2. The average Bonchev–Trinajstić information content (AvgIpc) is 2.71. The third-order valence-corrected chi connectivity index (χ3v) is 4.69. The minimum atomic E-state index is 0.707. The number of anilines is 1. The lowest BCUT2D eigenvalue weighted by Crippen LogP contribution is -2.26. The number of rotatable bonds is 3. The van der Waals surface area contributed by atoms with Gasteiger partial charge in [0, 0.05) is 37.1 Å². The molecule has 0 saturated carbocycles. The molecule has 0 unspecified atom stereocenters. The van der Waals surface area contributed by atoms with Crippen molar-refractivity contribution >= 4 is 22.5 Å². The lowest BCUT2D eigenvalue weighted by Gasteiger charge is -2.17. The second-order valence-corrected chi connectivity index (χ2v) is 6.50. The Bertz CT molecular complexity index is 622. The second kappa shape index (κ2) is 6.37. The van der Waals surface area contributed by atoms with Crippen LogP contribution in [0.3, 0.4) is 0 Å². The Hall–Kier alpha value is -1.72. The lowest BCUT2D eigenvalue weighted by atomic mass is 10.2. The molecule has 0 amide bonds. The van der Waals surface area contributed by atoms with E-state index in [1.807, 2.05) is 12.3 Å². The summed E-state index contributed by atoms with van der Waals surface area (Å²) in [4.78, 5) is 12.6. The van der Waals surface area contributed by atoms with E-state index in [9.17, 15) is 0 Å². The number of pyridine rings is 1. The first-order valence-electron chi connectivity index (χ1n) is 7.26. The molecule has 3 heterocycles. The highest BCUT2D eigenvalue weighted by atomic mass is 32.1. The quantitative estimate of drug-likeness (QED) is 0.946. The second-order valence-electron chi connectivity index (χ2n) is 5.38. The number of aryl methyl sites for hydroxylation is 1. The Balaban J connectivity index is 1.56. The highest BCUT2D eigenvalue weighted by molar-refractivity contribution is 7.15. The van der Waals surface area contributed by atoms with Crippen LogP contribution in [0, 0.1) is 6.92 Å². The van der Waals surface area contributed by atoms with Gasteiger partial charge in [-0.05, 0) is 37.1 Å². The van der Waals surface area contributed by atoms with Crippen LogP contribution in [0.4, 0.5) is 5.13 Å². The molecule has 0 saturated heterocycles. The van der Waals surface area contributed by atoms with Crippen LogP contribution >= 0.6 is 11.3 Å². The summed E-state index contributed by atoms with van der Waals surface area (Å²) in [6, 6.07) is 4.12. The molecule has 0 radical (unpaired) electrons. The molecule has 0 spiro atoms. The number of fused-ring (bicyclic) bond motifs is 1. The molecular weight excluding hydrogens is 280 g/mol. The van der Waals surface area contributed by atoms with E-state index in [0.29, 0.717) is 5.13 Å². The summed E-state index contributed by atoms with van der Waals surface area (Å²) < 4.78 is 0. The van der Waals surface area contributed by atoms with E-state index < -0.39 is 0 Å². The number of nitrogens with two attached hydrogens (primary N) is 1. The molecule has 3 rings (SSSR count). The maximum Gasteiger partial charge on any atom is 0.180 e. The van der Waals surface area contributed by atoms with Gasteiger partial charge < -0.3 is 5.73 Å². The van der Waals surface area contributed by atoms with Crippen LogP contribution in [-0.2, 0) is 12.8 Å². The first-order chi connectivity index (χ1) is 10.2. The van der Waals surface area contributed by atoms with Crippen LogP contribution in [0.15, 0.2) is 24.4 Å². The van der Waals surface area contributed by atoms with Gasteiger partial charge in [-0.3, -0.25) is 9.88 Å². The fraction of sp³-hybridized carbons (Fsp3) is 0.375. The van der Waals surface area contributed by atoms with Gasteiger partial charge in [0.25, 0.3) is 0 Å². The van der Waals surface area contributed by atoms with Crippen molar-refractivity contribution in [1.29, 1.82) is 0 Å². The minimum absolute atomic E-state index is 0.707. The molecule has 21 heavy (non-hydrogen) atoms. The topological polar surface area (TPSA) is 55.0 Å². The van der Waals surface area contributed by atoms with E-state index in [1.165, 1.54) is 16.1 Å². The first kappa shape index (κ1) is 14.2. The van der Waals surface area contributed by atoms with Crippen LogP contribution in [0.5, 0.6) is 0 Å². The maximum atomic E-state index is 5.78. The van der Waals surface area contributed by atoms with E-state index in [2.05, 4.69) is 40.0 Å². The molecule has 2 N–H and O–H groups in total. The Morgan fingerprint density at radius 3 is 3.10 bits per heavy atom. The zero-order chi connectivity index (χ0) is 14.7. The van der Waals surface area contributed by atoms with Gasteiger partial charge in [-0.1, -0.05) is 6.08 Å². The smallest absolute Gasteiger partial charge is 0.180 e. The van der Waals surface area contributed by atoms with Crippen molar-refractivity contribution in [2.45, 2.75) is 19.8 Å². The Morgan fingerprint density at radius 2 is 2.24 bits per heavy atom. The van der Waals surface area contributed by atoms with Gasteiger partial charge in [-0.2, -0.15) is 0 Å². The molecular formula is C16H20N4S. The third-order valence-electron chi connectivity index (χ3n) is 3.70.